The average Bonchev–Trinajstić information content (AvgIpc) is 2.63. The zero-order valence-corrected chi connectivity index (χ0v) is 12.0. The van der Waals surface area contributed by atoms with Gasteiger partial charge in [-0.05, 0) is 51.1 Å². The summed E-state index contributed by atoms with van der Waals surface area (Å²) < 4.78 is 11.2. The second-order valence-electron chi connectivity index (χ2n) is 5.14. The second kappa shape index (κ2) is 6.61. The van der Waals surface area contributed by atoms with Crippen LogP contribution in [0.15, 0.2) is 18.2 Å². The Bertz CT molecular complexity index is 475. The van der Waals surface area contributed by atoms with E-state index in [1.807, 2.05) is 0 Å². The van der Waals surface area contributed by atoms with Gasteiger partial charge in [0.25, 0.3) is 0 Å². The fraction of sp³-hybridized carbons (Fsp3) is 0.533. The van der Waals surface area contributed by atoms with E-state index in [0.717, 1.165) is 32.4 Å². The molecule has 1 atom stereocenters. The highest BCUT2D eigenvalue weighted by atomic mass is 16.5. The van der Waals surface area contributed by atoms with Gasteiger partial charge in [-0.15, -0.1) is 0 Å². The summed E-state index contributed by atoms with van der Waals surface area (Å²) in [5.74, 6) is 0.132. The third-order valence-electron chi connectivity index (χ3n) is 3.60. The minimum absolute atomic E-state index is 0.109. The Balaban J connectivity index is 2.14. The third-order valence-corrected chi connectivity index (χ3v) is 3.60. The van der Waals surface area contributed by atoms with E-state index in [1.165, 1.54) is 12.1 Å². The molecule has 1 heterocycles. The van der Waals surface area contributed by atoms with Crippen molar-refractivity contribution in [3.05, 3.63) is 23.8 Å². The topological polar surface area (TPSA) is 59.0 Å². The van der Waals surface area contributed by atoms with Gasteiger partial charge in [-0.3, -0.25) is 0 Å². The summed E-state index contributed by atoms with van der Waals surface area (Å²) in [5.41, 5.74) is 0.214. The zero-order chi connectivity index (χ0) is 14.5. The van der Waals surface area contributed by atoms with Crippen molar-refractivity contribution in [2.45, 2.75) is 25.4 Å². The van der Waals surface area contributed by atoms with Crippen molar-refractivity contribution in [2.75, 3.05) is 27.2 Å². The Hall–Kier alpha value is -1.75. The molecule has 1 aliphatic heterocycles. The number of carboxylic acids is 1. The molecule has 0 radical (unpaired) electrons. The number of benzene rings is 1. The van der Waals surface area contributed by atoms with Gasteiger partial charge in [-0.1, -0.05) is 0 Å². The molecule has 5 nitrogen and oxygen atoms in total. The number of likely N-dealkylation sites (tertiary alicyclic amines) is 1. The number of hydrogen-bond acceptors (Lipinski definition) is 4. The largest absolute Gasteiger partial charge is 0.493 e. The van der Waals surface area contributed by atoms with Gasteiger partial charge in [0.05, 0.1) is 12.7 Å². The highest BCUT2D eigenvalue weighted by molar-refractivity contribution is 5.88. The molecule has 0 amide bonds. The van der Waals surface area contributed by atoms with Crippen molar-refractivity contribution in [3.8, 4) is 11.5 Å². The lowest BCUT2D eigenvalue weighted by Crippen LogP contribution is -2.21. The smallest absolute Gasteiger partial charge is 0.335 e. The molecule has 1 aromatic carbocycles. The van der Waals surface area contributed by atoms with Crippen LogP contribution < -0.4 is 9.47 Å². The monoisotopic (exact) mass is 279 g/mol. The predicted octanol–water partition coefficient (Wildman–Crippen LogP) is 2.26. The zero-order valence-electron chi connectivity index (χ0n) is 12.0. The molecule has 0 aromatic heterocycles. The number of nitrogens with zero attached hydrogens (tertiary/aromatic N) is 1. The number of aromatic carboxylic acids is 1. The predicted molar refractivity (Wildman–Crippen MR) is 75.7 cm³/mol. The highest BCUT2D eigenvalue weighted by Gasteiger charge is 2.19. The number of methoxy groups -OCH3 is 1. The molecular formula is C15H21NO4. The SMILES string of the molecule is COc1ccc(C(=O)O)cc1OC1CCCN(C)CC1. The molecule has 0 saturated carbocycles. The Labute approximate surface area is 119 Å². The molecule has 1 aliphatic rings. The standard InChI is InChI=1S/C15H21NO4/c1-16-8-3-4-12(7-9-16)20-14-10-11(15(17)18)5-6-13(14)19-2/h5-6,10,12H,3-4,7-9H2,1-2H3,(H,17,18). The number of ether oxygens (including phenoxy) is 2. The van der Waals surface area contributed by atoms with Crippen molar-refractivity contribution in [2.24, 2.45) is 0 Å². The second-order valence-corrected chi connectivity index (χ2v) is 5.14. The van der Waals surface area contributed by atoms with Gasteiger partial charge in [-0.2, -0.15) is 0 Å². The lowest BCUT2D eigenvalue weighted by atomic mass is 10.1. The molecule has 110 valence electrons. The van der Waals surface area contributed by atoms with Crippen molar-refractivity contribution >= 4 is 5.97 Å². The summed E-state index contributed by atoms with van der Waals surface area (Å²) in [5, 5.41) is 9.06. The fourth-order valence-electron chi connectivity index (χ4n) is 2.41. The minimum Gasteiger partial charge on any atom is -0.493 e. The number of carbonyl (C=O) groups is 1. The van der Waals surface area contributed by atoms with Crippen LogP contribution in [-0.2, 0) is 0 Å². The first-order valence-corrected chi connectivity index (χ1v) is 6.86. The molecule has 1 unspecified atom stereocenters. The van der Waals surface area contributed by atoms with Crippen molar-refractivity contribution in [1.82, 2.24) is 4.90 Å². The van der Waals surface area contributed by atoms with Gasteiger partial charge in [-0.25, -0.2) is 4.79 Å². The summed E-state index contributed by atoms with van der Waals surface area (Å²) in [7, 11) is 3.66. The molecule has 0 spiro atoms. The molecule has 20 heavy (non-hydrogen) atoms. The van der Waals surface area contributed by atoms with E-state index in [-0.39, 0.29) is 11.7 Å². The minimum atomic E-state index is -0.960. The summed E-state index contributed by atoms with van der Waals surface area (Å²) in [4.78, 5) is 13.3. The molecule has 1 aromatic rings. The maximum absolute atomic E-state index is 11.0. The number of hydrogen-bond donors (Lipinski definition) is 1. The lowest BCUT2D eigenvalue weighted by Gasteiger charge is -2.19. The van der Waals surface area contributed by atoms with Crippen LogP contribution in [0.3, 0.4) is 0 Å². The molecule has 1 saturated heterocycles. The molecule has 1 fully saturated rings. The quantitative estimate of drug-likeness (QED) is 0.916. The Morgan fingerprint density at radius 2 is 2.10 bits per heavy atom. The molecule has 0 aliphatic carbocycles. The first kappa shape index (κ1) is 14.7. The molecule has 5 heteroatoms. The number of carboxylic acid groups (broad SMARTS) is 1. The van der Waals surface area contributed by atoms with E-state index in [9.17, 15) is 4.79 Å². The summed E-state index contributed by atoms with van der Waals surface area (Å²) in [6.45, 7) is 2.07. The van der Waals surface area contributed by atoms with E-state index >= 15 is 0 Å². The van der Waals surface area contributed by atoms with Gasteiger partial charge in [0.1, 0.15) is 6.10 Å². The third kappa shape index (κ3) is 3.63. The van der Waals surface area contributed by atoms with E-state index in [4.69, 9.17) is 14.6 Å². The Kier molecular flexibility index (Phi) is 4.84. The maximum atomic E-state index is 11.0. The van der Waals surface area contributed by atoms with Crippen LogP contribution in [0.4, 0.5) is 0 Å². The van der Waals surface area contributed by atoms with E-state index in [2.05, 4.69) is 11.9 Å². The lowest BCUT2D eigenvalue weighted by molar-refractivity contribution is 0.0695. The van der Waals surface area contributed by atoms with Gasteiger partial charge in [0.2, 0.25) is 0 Å². The van der Waals surface area contributed by atoms with Crippen LogP contribution in [-0.4, -0.2) is 49.3 Å². The van der Waals surface area contributed by atoms with Crippen molar-refractivity contribution in [3.63, 3.8) is 0 Å². The summed E-state index contributed by atoms with van der Waals surface area (Å²) >= 11 is 0. The molecular weight excluding hydrogens is 258 g/mol. The normalized spacial score (nSPS) is 20.2. The van der Waals surface area contributed by atoms with Crippen LogP contribution in [0.5, 0.6) is 11.5 Å². The van der Waals surface area contributed by atoms with Crippen molar-refractivity contribution < 1.29 is 19.4 Å². The molecule has 1 N–H and O–H groups in total. The maximum Gasteiger partial charge on any atom is 0.335 e. The Morgan fingerprint density at radius 3 is 2.80 bits per heavy atom. The van der Waals surface area contributed by atoms with Gasteiger partial charge < -0.3 is 19.5 Å². The Morgan fingerprint density at radius 1 is 1.30 bits per heavy atom. The first-order valence-electron chi connectivity index (χ1n) is 6.86. The van der Waals surface area contributed by atoms with Crippen LogP contribution in [0, 0.1) is 0 Å². The van der Waals surface area contributed by atoms with Crippen LogP contribution in [0.1, 0.15) is 29.6 Å². The van der Waals surface area contributed by atoms with E-state index in [1.54, 1.807) is 13.2 Å². The van der Waals surface area contributed by atoms with Crippen LogP contribution in [0.2, 0.25) is 0 Å². The number of rotatable bonds is 4. The summed E-state index contributed by atoms with van der Waals surface area (Å²) in [6, 6.07) is 4.70. The average molecular weight is 279 g/mol. The van der Waals surface area contributed by atoms with E-state index < -0.39 is 5.97 Å². The van der Waals surface area contributed by atoms with Crippen LogP contribution in [0.25, 0.3) is 0 Å². The highest BCUT2D eigenvalue weighted by Crippen LogP contribution is 2.30. The van der Waals surface area contributed by atoms with Gasteiger partial charge >= 0.3 is 5.97 Å². The van der Waals surface area contributed by atoms with E-state index in [0.29, 0.717) is 11.5 Å². The van der Waals surface area contributed by atoms with Crippen LogP contribution >= 0.6 is 0 Å². The first-order chi connectivity index (χ1) is 9.60. The molecule has 0 bridgehead atoms. The van der Waals surface area contributed by atoms with Gasteiger partial charge in [0, 0.05) is 6.54 Å². The summed E-state index contributed by atoms with van der Waals surface area (Å²) in [6.07, 6.45) is 3.11. The fourth-order valence-corrected chi connectivity index (χ4v) is 2.41. The van der Waals surface area contributed by atoms with Gasteiger partial charge in [0.15, 0.2) is 11.5 Å². The van der Waals surface area contributed by atoms with Crippen molar-refractivity contribution in [1.29, 1.82) is 0 Å². The molecule has 2 rings (SSSR count).